The van der Waals surface area contributed by atoms with Gasteiger partial charge < -0.3 is 4.90 Å². The lowest BCUT2D eigenvalue weighted by Crippen LogP contribution is -2.62. The van der Waals surface area contributed by atoms with Crippen molar-refractivity contribution < 1.29 is 0 Å². The second-order valence-corrected chi connectivity index (χ2v) is 7.51. The molecular formula is C19H26N6. The molecule has 2 aromatic rings. The number of likely N-dealkylation sites (tertiary alicyclic amines) is 1. The summed E-state index contributed by atoms with van der Waals surface area (Å²) in [5.74, 6) is 1.12. The first kappa shape index (κ1) is 15.3. The van der Waals surface area contributed by atoms with Gasteiger partial charge in [0.1, 0.15) is 5.82 Å². The molecule has 6 nitrogen and oxygen atoms in total. The van der Waals surface area contributed by atoms with E-state index in [0.29, 0.717) is 0 Å². The van der Waals surface area contributed by atoms with E-state index in [1.54, 1.807) is 0 Å². The van der Waals surface area contributed by atoms with Crippen molar-refractivity contribution in [2.24, 2.45) is 0 Å². The van der Waals surface area contributed by atoms with Gasteiger partial charge in [-0.1, -0.05) is 6.07 Å². The average molecular weight is 338 g/mol. The minimum absolute atomic E-state index is 0.723. The number of piperazine rings is 1. The topological polar surface area (TPSA) is 40.4 Å². The second-order valence-electron chi connectivity index (χ2n) is 7.51. The molecule has 2 fully saturated rings. The highest BCUT2D eigenvalue weighted by atomic mass is 15.4. The number of anilines is 1. The molecule has 3 aliphatic rings. The minimum Gasteiger partial charge on any atom is -0.354 e. The van der Waals surface area contributed by atoms with Crippen LogP contribution in [-0.2, 0) is 19.5 Å². The zero-order valence-corrected chi connectivity index (χ0v) is 14.7. The van der Waals surface area contributed by atoms with Gasteiger partial charge in [-0.3, -0.25) is 14.5 Å². The Bertz CT molecular complexity index is 691. The van der Waals surface area contributed by atoms with Gasteiger partial charge in [0.05, 0.1) is 5.69 Å². The Morgan fingerprint density at radius 2 is 1.92 bits per heavy atom. The molecule has 6 heteroatoms. The highest BCUT2D eigenvalue weighted by Crippen LogP contribution is 2.22. The molecule has 0 spiro atoms. The molecule has 0 saturated carbocycles. The number of aromatic nitrogens is 3. The normalized spacial score (nSPS) is 22.2. The SMILES string of the molecule is c1ccc(N2CCN(C3CN(Cc4cc5n(n4)CCC5)C3)CC2)nc1. The third-order valence-corrected chi connectivity index (χ3v) is 5.84. The lowest BCUT2D eigenvalue weighted by atomic mass is 10.1. The summed E-state index contributed by atoms with van der Waals surface area (Å²) in [7, 11) is 0. The summed E-state index contributed by atoms with van der Waals surface area (Å²) < 4.78 is 2.20. The molecule has 0 bridgehead atoms. The molecule has 0 unspecified atom stereocenters. The predicted octanol–water partition coefficient (Wildman–Crippen LogP) is 1.23. The standard InChI is InChI=1S/C19H26N6/c1-2-6-20-19(5-1)24-10-8-23(9-11-24)18-14-22(15-18)13-16-12-17-4-3-7-25(17)21-16/h1-2,5-6,12,18H,3-4,7-11,13-15H2. The fourth-order valence-corrected chi connectivity index (χ4v) is 4.39. The molecule has 0 radical (unpaired) electrons. The Morgan fingerprint density at radius 3 is 2.68 bits per heavy atom. The van der Waals surface area contributed by atoms with Gasteiger partial charge in [0.2, 0.25) is 0 Å². The lowest BCUT2D eigenvalue weighted by Gasteiger charge is -2.48. The van der Waals surface area contributed by atoms with Crippen LogP contribution in [0.2, 0.25) is 0 Å². The molecule has 0 aromatic carbocycles. The van der Waals surface area contributed by atoms with E-state index < -0.39 is 0 Å². The zero-order valence-electron chi connectivity index (χ0n) is 14.7. The number of aryl methyl sites for hydroxylation is 2. The van der Waals surface area contributed by atoms with Gasteiger partial charge in [-0.05, 0) is 31.0 Å². The molecule has 0 atom stereocenters. The Balaban J connectivity index is 1.09. The van der Waals surface area contributed by atoms with E-state index in [1.807, 2.05) is 12.3 Å². The Labute approximate surface area is 149 Å². The Hall–Kier alpha value is -1.92. The highest BCUT2D eigenvalue weighted by molar-refractivity contribution is 5.38. The third-order valence-electron chi connectivity index (χ3n) is 5.84. The molecule has 0 aliphatic carbocycles. The minimum atomic E-state index is 0.723. The molecule has 5 rings (SSSR count). The number of rotatable bonds is 4. The average Bonchev–Trinajstić information content (AvgIpc) is 3.20. The smallest absolute Gasteiger partial charge is 0.128 e. The van der Waals surface area contributed by atoms with E-state index in [9.17, 15) is 0 Å². The van der Waals surface area contributed by atoms with E-state index in [0.717, 1.165) is 51.1 Å². The van der Waals surface area contributed by atoms with E-state index in [2.05, 4.69) is 42.6 Å². The Kier molecular flexibility index (Phi) is 3.94. The Morgan fingerprint density at radius 1 is 1.04 bits per heavy atom. The zero-order chi connectivity index (χ0) is 16.6. The fourth-order valence-electron chi connectivity index (χ4n) is 4.39. The van der Waals surface area contributed by atoms with Crippen LogP contribution < -0.4 is 4.90 Å². The van der Waals surface area contributed by atoms with Crippen LogP contribution >= 0.6 is 0 Å². The van der Waals surface area contributed by atoms with Crippen LogP contribution in [0, 0.1) is 0 Å². The summed E-state index contributed by atoms with van der Waals surface area (Å²) in [6.45, 7) is 8.96. The highest BCUT2D eigenvalue weighted by Gasteiger charge is 2.34. The molecule has 5 heterocycles. The first-order valence-electron chi connectivity index (χ1n) is 9.53. The van der Waals surface area contributed by atoms with Crippen molar-refractivity contribution in [3.63, 3.8) is 0 Å². The number of hydrogen-bond acceptors (Lipinski definition) is 5. The summed E-state index contributed by atoms with van der Waals surface area (Å²) in [6, 6.07) is 9.21. The van der Waals surface area contributed by atoms with Crippen molar-refractivity contribution in [1.82, 2.24) is 24.6 Å². The van der Waals surface area contributed by atoms with Crippen molar-refractivity contribution in [2.45, 2.75) is 32.0 Å². The maximum absolute atomic E-state index is 4.74. The molecule has 132 valence electrons. The van der Waals surface area contributed by atoms with Gasteiger partial charge in [0, 0.05) is 70.3 Å². The van der Waals surface area contributed by atoms with Crippen molar-refractivity contribution in [3.8, 4) is 0 Å². The van der Waals surface area contributed by atoms with Gasteiger partial charge >= 0.3 is 0 Å². The van der Waals surface area contributed by atoms with Crippen molar-refractivity contribution in [3.05, 3.63) is 41.9 Å². The van der Waals surface area contributed by atoms with Crippen LogP contribution in [0.3, 0.4) is 0 Å². The van der Waals surface area contributed by atoms with Gasteiger partial charge in [-0.25, -0.2) is 4.98 Å². The molecule has 2 saturated heterocycles. The van der Waals surface area contributed by atoms with Crippen LogP contribution in [0.25, 0.3) is 0 Å². The summed E-state index contributed by atoms with van der Waals surface area (Å²) in [4.78, 5) is 12.1. The van der Waals surface area contributed by atoms with E-state index >= 15 is 0 Å². The van der Waals surface area contributed by atoms with Gasteiger partial charge in [0.25, 0.3) is 0 Å². The van der Waals surface area contributed by atoms with Crippen LogP contribution in [0.15, 0.2) is 30.5 Å². The predicted molar refractivity (Wildman–Crippen MR) is 97.6 cm³/mol. The van der Waals surface area contributed by atoms with Crippen LogP contribution in [0.1, 0.15) is 17.8 Å². The molecule has 0 N–H and O–H groups in total. The van der Waals surface area contributed by atoms with Crippen molar-refractivity contribution in [2.75, 3.05) is 44.2 Å². The maximum Gasteiger partial charge on any atom is 0.128 e. The second kappa shape index (κ2) is 6.42. The first-order chi connectivity index (χ1) is 12.3. The first-order valence-corrected chi connectivity index (χ1v) is 9.53. The third kappa shape index (κ3) is 3.04. The lowest BCUT2D eigenvalue weighted by molar-refractivity contribution is 0.0247. The van der Waals surface area contributed by atoms with Crippen molar-refractivity contribution in [1.29, 1.82) is 0 Å². The summed E-state index contributed by atoms with van der Waals surface area (Å²) >= 11 is 0. The molecular weight excluding hydrogens is 312 g/mol. The summed E-state index contributed by atoms with van der Waals surface area (Å²) in [5.41, 5.74) is 2.69. The van der Waals surface area contributed by atoms with Gasteiger partial charge in [0.15, 0.2) is 0 Å². The largest absolute Gasteiger partial charge is 0.354 e. The monoisotopic (exact) mass is 338 g/mol. The van der Waals surface area contributed by atoms with Crippen molar-refractivity contribution >= 4 is 5.82 Å². The molecule has 3 aliphatic heterocycles. The number of pyridine rings is 1. The van der Waals surface area contributed by atoms with Crippen LogP contribution in [0.4, 0.5) is 5.82 Å². The van der Waals surface area contributed by atoms with Gasteiger partial charge in [-0.2, -0.15) is 5.10 Å². The summed E-state index contributed by atoms with van der Waals surface area (Å²) in [5, 5.41) is 4.74. The number of hydrogen-bond donors (Lipinski definition) is 0. The quantitative estimate of drug-likeness (QED) is 0.839. The molecule has 2 aromatic heterocycles. The molecule has 25 heavy (non-hydrogen) atoms. The van der Waals surface area contributed by atoms with E-state index in [-0.39, 0.29) is 0 Å². The van der Waals surface area contributed by atoms with Crippen LogP contribution in [0.5, 0.6) is 0 Å². The summed E-state index contributed by atoms with van der Waals surface area (Å²) in [6.07, 6.45) is 4.35. The fraction of sp³-hybridized carbons (Fsp3) is 0.579. The number of fused-ring (bicyclic) bond motifs is 1. The molecule has 0 amide bonds. The van der Waals surface area contributed by atoms with Crippen LogP contribution in [-0.4, -0.2) is 69.9 Å². The van der Waals surface area contributed by atoms with E-state index in [4.69, 9.17) is 5.10 Å². The van der Waals surface area contributed by atoms with E-state index in [1.165, 1.54) is 37.3 Å². The number of nitrogens with zero attached hydrogens (tertiary/aromatic N) is 6. The maximum atomic E-state index is 4.74. The van der Waals surface area contributed by atoms with Gasteiger partial charge in [-0.15, -0.1) is 0 Å².